The Morgan fingerprint density at radius 1 is 0.419 bits per heavy atom. The van der Waals surface area contributed by atoms with Crippen molar-refractivity contribution in [2.75, 3.05) is 0 Å². The Morgan fingerprint density at radius 2 is 0.791 bits per heavy atom. The van der Waals surface area contributed by atoms with E-state index in [9.17, 15) is 0 Å². The van der Waals surface area contributed by atoms with E-state index in [4.69, 9.17) is 0 Å². The molecule has 5 heteroatoms. The van der Waals surface area contributed by atoms with Crippen molar-refractivity contribution in [1.29, 1.82) is 0 Å². The van der Waals surface area contributed by atoms with Gasteiger partial charge in [0, 0.05) is 10.6 Å². The number of allylic oxidation sites excluding steroid dienone is 12. The third-order valence-electron chi connectivity index (χ3n) is 8.00. The molecular weight excluding hydrogens is 680 g/mol. The van der Waals surface area contributed by atoms with Crippen LogP contribution in [0.3, 0.4) is 0 Å². The van der Waals surface area contributed by atoms with Gasteiger partial charge in [0.15, 0.2) is 0 Å². The fraction of sp³-hybridized carbons (Fsp3) is 0.105. The average Bonchev–Trinajstić information content (AvgIpc) is 3.70. The number of rotatable bonds is 2. The van der Waals surface area contributed by atoms with Gasteiger partial charge >= 0.3 is 26.2 Å². The van der Waals surface area contributed by atoms with Crippen LogP contribution in [-0.4, -0.2) is 10.6 Å². The van der Waals surface area contributed by atoms with Crippen molar-refractivity contribution in [1.82, 2.24) is 0 Å². The minimum atomic E-state index is 0. The predicted octanol–water partition coefficient (Wildman–Crippen LogP) is 5.18. The molecule has 2 aliphatic heterocycles. The van der Waals surface area contributed by atoms with Crippen LogP contribution < -0.4 is 24.8 Å². The van der Waals surface area contributed by atoms with Crippen LogP contribution in [0.25, 0.3) is 32.7 Å². The number of benzene rings is 4. The van der Waals surface area contributed by atoms with E-state index in [1.165, 1.54) is 104 Å². The summed E-state index contributed by atoms with van der Waals surface area (Å²) in [5.41, 5.74) is 11.2. The molecule has 0 amide bonds. The van der Waals surface area contributed by atoms with Crippen molar-refractivity contribution in [2.45, 2.75) is 27.7 Å². The first kappa shape index (κ1) is 33.5. The number of hydrogen-bond acceptors (Lipinski definition) is 0. The molecule has 8 rings (SSSR count). The SMILES string of the molecule is CC1=CC2=C(c3cccc4ccccc34)C=C(C)C2=P1.CC1=CC2=C(c3cccc4ccccc34)C=C(C)C2=P1.[Cl-].[Cl-].[Zr+2]. The Hall–Kier alpha value is -2.36. The van der Waals surface area contributed by atoms with Crippen LogP contribution in [0, 0.1) is 0 Å². The molecule has 0 radical (unpaired) electrons. The average molecular weight is 711 g/mol. The molecule has 0 saturated heterocycles. The van der Waals surface area contributed by atoms with E-state index in [0.717, 1.165) is 0 Å². The molecule has 4 aliphatic rings. The van der Waals surface area contributed by atoms with Gasteiger partial charge in [-0.05, 0) is 129 Å². The van der Waals surface area contributed by atoms with Gasteiger partial charge in [0.25, 0.3) is 0 Å². The molecule has 0 aromatic heterocycles. The zero-order valence-electron chi connectivity index (χ0n) is 24.5. The third kappa shape index (κ3) is 6.14. The summed E-state index contributed by atoms with van der Waals surface area (Å²) in [5.74, 6) is 0. The third-order valence-corrected chi connectivity index (χ3v) is 10.6. The summed E-state index contributed by atoms with van der Waals surface area (Å²) in [6.07, 6.45) is 9.40. The second-order valence-corrected chi connectivity index (χ2v) is 13.6. The number of fused-ring (bicyclic) bond motifs is 4. The van der Waals surface area contributed by atoms with Gasteiger partial charge in [-0.15, -0.1) is 0 Å². The Morgan fingerprint density at radius 3 is 1.21 bits per heavy atom. The molecular formula is C38H30Cl2P2Zr. The summed E-state index contributed by atoms with van der Waals surface area (Å²) in [6.45, 7) is 8.89. The molecule has 0 spiro atoms. The normalized spacial score (nSPS) is 16.7. The summed E-state index contributed by atoms with van der Waals surface area (Å²) in [4.78, 5) is 0. The smallest absolute Gasteiger partial charge is 1.00 e. The van der Waals surface area contributed by atoms with Crippen molar-refractivity contribution in [3.05, 3.63) is 153 Å². The monoisotopic (exact) mass is 708 g/mol. The van der Waals surface area contributed by atoms with E-state index >= 15 is 0 Å². The Balaban J connectivity index is 0.000000184. The molecule has 0 atom stereocenters. The molecule has 4 aromatic carbocycles. The van der Waals surface area contributed by atoms with Gasteiger partial charge in [0.2, 0.25) is 0 Å². The van der Waals surface area contributed by atoms with Crippen LogP contribution >= 0.6 is 16.4 Å². The molecule has 4 aromatic rings. The van der Waals surface area contributed by atoms with Crippen molar-refractivity contribution in [3.63, 3.8) is 0 Å². The first-order chi connectivity index (χ1) is 19.5. The molecule has 2 heterocycles. The number of halogens is 2. The maximum Gasteiger partial charge on any atom is 2.00 e. The predicted molar refractivity (Wildman–Crippen MR) is 181 cm³/mol. The summed E-state index contributed by atoms with van der Waals surface area (Å²) in [5, 5.41) is 11.2. The van der Waals surface area contributed by atoms with Crippen LogP contribution in [0.15, 0.2) is 142 Å². The first-order valence-electron chi connectivity index (χ1n) is 13.8. The second-order valence-electron chi connectivity index (χ2n) is 10.9. The second kappa shape index (κ2) is 13.7. The van der Waals surface area contributed by atoms with Gasteiger partial charge in [-0.25, -0.2) is 0 Å². The standard InChI is InChI=1S/2C19H15P.2ClH.Zr/c2*1-12-10-17(18-11-13(2)20-19(12)18)16-9-5-7-14-6-3-4-8-15(14)16;;;/h2*3-11H,1-2H3;2*1H;/q;;;;+2/p-2. The maximum atomic E-state index is 2.35. The fourth-order valence-corrected chi connectivity index (χ4v) is 8.38. The Labute approximate surface area is 289 Å². The van der Waals surface area contributed by atoms with E-state index in [1.807, 2.05) is 0 Å². The summed E-state index contributed by atoms with van der Waals surface area (Å²) >= 11 is 0. The van der Waals surface area contributed by atoms with Gasteiger partial charge in [0.05, 0.1) is 0 Å². The molecule has 2 aliphatic carbocycles. The molecule has 0 nitrogen and oxygen atoms in total. The van der Waals surface area contributed by atoms with Crippen LogP contribution in [-0.2, 0) is 26.2 Å². The largest absolute Gasteiger partial charge is 2.00 e. The molecule has 0 unspecified atom stereocenters. The van der Waals surface area contributed by atoms with E-state index < -0.39 is 0 Å². The van der Waals surface area contributed by atoms with E-state index in [2.05, 4.69) is 137 Å². The fourth-order valence-electron chi connectivity index (χ4n) is 6.20. The summed E-state index contributed by atoms with van der Waals surface area (Å²) in [7, 11) is 2.76. The molecule has 0 fully saturated rings. The van der Waals surface area contributed by atoms with Gasteiger partial charge < -0.3 is 24.8 Å². The molecule has 43 heavy (non-hydrogen) atoms. The van der Waals surface area contributed by atoms with E-state index in [-0.39, 0.29) is 51.0 Å². The summed E-state index contributed by atoms with van der Waals surface area (Å²) < 4.78 is 0. The van der Waals surface area contributed by atoms with Gasteiger partial charge in [-0.2, -0.15) is 0 Å². The van der Waals surface area contributed by atoms with Crippen molar-refractivity contribution < 1.29 is 51.0 Å². The molecule has 0 saturated carbocycles. The van der Waals surface area contributed by atoms with Crippen molar-refractivity contribution in [2.24, 2.45) is 0 Å². The maximum absolute atomic E-state index is 2.35. The van der Waals surface area contributed by atoms with Crippen LogP contribution in [0.1, 0.15) is 38.8 Å². The molecule has 0 bridgehead atoms. The Bertz CT molecular complexity index is 1880. The minimum absolute atomic E-state index is 0. The van der Waals surface area contributed by atoms with Gasteiger partial charge in [-0.3, -0.25) is 0 Å². The Kier molecular flexibility index (Phi) is 10.7. The van der Waals surface area contributed by atoms with Crippen LogP contribution in [0.5, 0.6) is 0 Å². The number of hydrogen-bond donors (Lipinski definition) is 0. The van der Waals surface area contributed by atoms with Gasteiger partial charge in [0.1, 0.15) is 0 Å². The molecule has 0 N–H and O–H groups in total. The topological polar surface area (TPSA) is 0 Å². The van der Waals surface area contributed by atoms with E-state index in [1.54, 1.807) is 0 Å². The molecule has 210 valence electrons. The quantitative estimate of drug-likeness (QED) is 0.252. The minimum Gasteiger partial charge on any atom is -1.00 e. The van der Waals surface area contributed by atoms with Crippen molar-refractivity contribution >= 4 is 59.7 Å². The van der Waals surface area contributed by atoms with Crippen LogP contribution in [0.2, 0.25) is 0 Å². The zero-order valence-corrected chi connectivity index (χ0v) is 30.3. The zero-order chi connectivity index (χ0) is 27.4. The van der Waals surface area contributed by atoms with Gasteiger partial charge in [-0.1, -0.05) is 101 Å². The first-order valence-corrected chi connectivity index (χ1v) is 15.6. The van der Waals surface area contributed by atoms with Crippen molar-refractivity contribution in [3.8, 4) is 0 Å². The van der Waals surface area contributed by atoms with E-state index in [0.29, 0.717) is 0 Å². The van der Waals surface area contributed by atoms with Crippen LogP contribution in [0.4, 0.5) is 0 Å². The summed E-state index contributed by atoms with van der Waals surface area (Å²) in [6, 6.07) is 30.5.